The fraction of sp³-hybridized carbons (Fsp3) is 0.160. The number of ketones is 1. The smallest absolute Gasteiger partial charge is 0.271 e. The Hall–Kier alpha value is -3.51. The van der Waals surface area contributed by atoms with Crippen LogP contribution in [0.15, 0.2) is 81.7 Å². The number of ether oxygens (including phenoxy) is 1. The van der Waals surface area contributed by atoms with E-state index in [1.54, 1.807) is 17.8 Å². The molecule has 6 heteroatoms. The van der Waals surface area contributed by atoms with Gasteiger partial charge in [-0.1, -0.05) is 66.0 Å². The van der Waals surface area contributed by atoms with Crippen molar-refractivity contribution in [1.29, 1.82) is 0 Å². The molecule has 0 saturated heterocycles. The molecule has 5 nitrogen and oxygen atoms in total. The van der Waals surface area contributed by atoms with Gasteiger partial charge in [-0.2, -0.15) is 0 Å². The van der Waals surface area contributed by atoms with Crippen LogP contribution in [0.3, 0.4) is 0 Å². The van der Waals surface area contributed by atoms with Crippen LogP contribution < -0.4 is 19.6 Å². The minimum atomic E-state index is -0.514. The number of benzene rings is 2. The molecule has 0 fully saturated rings. The van der Waals surface area contributed by atoms with Gasteiger partial charge in [-0.3, -0.25) is 14.2 Å². The fourth-order valence-corrected chi connectivity index (χ4v) is 4.70. The molecule has 0 N–H and O–H groups in total. The van der Waals surface area contributed by atoms with Crippen LogP contribution >= 0.6 is 11.3 Å². The Morgan fingerprint density at radius 2 is 1.84 bits per heavy atom. The van der Waals surface area contributed by atoms with Crippen molar-refractivity contribution in [3.05, 3.63) is 103 Å². The average molecular weight is 431 g/mol. The Morgan fingerprint density at radius 1 is 1.13 bits per heavy atom. The Morgan fingerprint density at radius 3 is 2.48 bits per heavy atom. The highest BCUT2D eigenvalue weighted by atomic mass is 32.1. The lowest BCUT2D eigenvalue weighted by Gasteiger charge is -2.24. The third-order valence-electron chi connectivity index (χ3n) is 5.17. The van der Waals surface area contributed by atoms with Crippen LogP contribution in [-0.4, -0.2) is 17.5 Å². The third kappa shape index (κ3) is 4.07. The molecule has 31 heavy (non-hydrogen) atoms. The van der Waals surface area contributed by atoms with Crippen LogP contribution in [-0.2, 0) is 4.79 Å². The van der Waals surface area contributed by atoms with Gasteiger partial charge in [0.1, 0.15) is 5.75 Å². The molecular weight excluding hydrogens is 408 g/mol. The first-order chi connectivity index (χ1) is 15.0. The second-order valence-corrected chi connectivity index (χ2v) is 8.21. The van der Waals surface area contributed by atoms with Crippen LogP contribution in [0, 0.1) is 0 Å². The molecule has 0 saturated carbocycles. The monoisotopic (exact) mass is 430 g/mol. The van der Waals surface area contributed by atoms with Crippen LogP contribution in [0.5, 0.6) is 5.75 Å². The van der Waals surface area contributed by atoms with Crippen molar-refractivity contribution < 1.29 is 9.53 Å². The summed E-state index contributed by atoms with van der Waals surface area (Å²) in [6, 6.07) is 16.8. The zero-order chi connectivity index (χ0) is 22.0. The summed E-state index contributed by atoms with van der Waals surface area (Å²) in [5, 5.41) is 0. The van der Waals surface area contributed by atoms with Gasteiger partial charge in [0.2, 0.25) is 0 Å². The van der Waals surface area contributed by atoms with Crippen LogP contribution in [0.4, 0.5) is 0 Å². The standard InChI is InChI=1S/C25H22N2O3S/c1-16-22(17(2)28)23(19-12-14-20(30-3)15-13-19)27-24(29)21(31-25(27)26-16)11-7-10-18-8-5-4-6-9-18/h4-15,23H,1-3H3/b10-7+,21-11+/t23-/m0/s1. The van der Waals surface area contributed by atoms with Gasteiger partial charge in [0.05, 0.1) is 17.7 Å². The quantitative estimate of drug-likeness (QED) is 0.623. The number of carbonyl (C=O) groups excluding carboxylic acids is 1. The normalized spacial score (nSPS) is 16.4. The topological polar surface area (TPSA) is 60.7 Å². The van der Waals surface area contributed by atoms with E-state index in [2.05, 4.69) is 4.99 Å². The summed E-state index contributed by atoms with van der Waals surface area (Å²) in [4.78, 5) is 31.0. The van der Waals surface area contributed by atoms with Gasteiger partial charge in [0.15, 0.2) is 10.6 Å². The van der Waals surface area contributed by atoms with Gasteiger partial charge in [-0.05, 0) is 43.2 Å². The molecule has 1 aliphatic heterocycles. The summed E-state index contributed by atoms with van der Waals surface area (Å²) >= 11 is 1.33. The maximum atomic E-state index is 13.3. The van der Waals surface area contributed by atoms with Crippen molar-refractivity contribution in [2.24, 2.45) is 4.99 Å². The third-order valence-corrected chi connectivity index (χ3v) is 6.17. The predicted octanol–water partition coefficient (Wildman–Crippen LogP) is 3.50. The number of allylic oxidation sites excluding steroid dienone is 3. The summed E-state index contributed by atoms with van der Waals surface area (Å²) in [6.07, 6.45) is 5.61. The van der Waals surface area contributed by atoms with Gasteiger partial charge in [0, 0.05) is 11.3 Å². The molecule has 2 heterocycles. The SMILES string of the molecule is COc1ccc([C@H]2C(C(C)=O)=C(C)N=c3s/c(=C/C=C/c4ccccc4)c(=O)n32)cc1. The van der Waals surface area contributed by atoms with Crippen molar-refractivity contribution in [3.8, 4) is 5.75 Å². The zero-order valence-corrected chi connectivity index (χ0v) is 18.3. The number of Topliss-reactive ketones (excluding diaryl/α,β-unsaturated/α-hetero) is 1. The number of hydrogen-bond acceptors (Lipinski definition) is 5. The fourth-order valence-electron chi connectivity index (χ4n) is 3.70. The van der Waals surface area contributed by atoms with Crippen molar-refractivity contribution in [1.82, 2.24) is 4.57 Å². The largest absolute Gasteiger partial charge is 0.497 e. The molecule has 1 aromatic heterocycles. The van der Waals surface area contributed by atoms with E-state index in [-0.39, 0.29) is 11.3 Å². The Labute approximate surface area is 184 Å². The van der Waals surface area contributed by atoms with E-state index < -0.39 is 6.04 Å². The average Bonchev–Trinajstić information content (AvgIpc) is 3.08. The van der Waals surface area contributed by atoms with E-state index in [0.29, 0.717) is 26.4 Å². The lowest BCUT2D eigenvalue weighted by Crippen LogP contribution is -2.39. The van der Waals surface area contributed by atoms with Crippen LogP contribution in [0.25, 0.3) is 12.2 Å². The molecule has 2 aromatic carbocycles. The van der Waals surface area contributed by atoms with Gasteiger partial charge < -0.3 is 4.74 Å². The predicted molar refractivity (Wildman–Crippen MR) is 124 cm³/mol. The summed E-state index contributed by atoms with van der Waals surface area (Å²) in [5.74, 6) is 0.618. The Balaban J connectivity index is 1.85. The lowest BCUT2D eigenvalue weighted by molar-refractivity contribution is -0.114. The molecule has 0 unspecified atom stereocenters. The van der Waals surface area contributed by atoms with Gasteiger partial charge >= 0.3 is 0 Å². The number of nitrogens with zero attached hydrogens (tertiary/aromatic N) is 2. The van der Waals surface area contributed by atoms with Gasteiger partial charge in [0.25, 0.3) is 5.56 Å². The Bertz CT molecular complexity index is 1360. The van der Waals surface area contributed by atoms with E-state index >= 15 is 0 Å². The highest BCUT2D eigenvalue weighted by molar-refractivity contribution is 7.07. The lowest BCUT2D eigenvalue weighted by atomic mass is 9.93. The maximum Gasteiger partial charge on any atom is 0.271 e. The molecule has 1 atom stereocenters. The number of rotatable bonds is 5. The Kier molecular flexibility index (Phi) is 5.82. The van der Waals surface area contributed by atoms with Crippen molar-refractivity contribution in [3.63, 3.8) is 0 Å². The maximum absolute atomic E-state index is 13.3. The van der Waals surface area contributed by atoms with Gasteiger partial charge in [-0.25, -0.2) is 4.99 Å². The molecule has 4 rings (SSSR count). The first-order valence-corrected chi connectivity index (χ1v) is 10.7. The summed E-state index contributed by atoms with van der Waals surface area (Å²) < 4.78 is 7.45. The van der Waals surface area contributed by atoms with E-state index in [9.17, 15) is 9.59 Å². The number of carbonyl (C=O) groups is 1. The molecule has 0 bridgehead atoms. The van der Waals surface area contributed by atoms with Crippen molar-refractivity contribution >= 4 is 29.3 Å². The van der Waals surface area contributed by atoms with E-state index in [1.807, 2.05) is 73.7 Å². The molecule has 1 aliphatic rings. The summed E-state index contributed by atoms with van der Waals surface area (Å²) in [7, 11) is 1.60. The van der Waals surface area contributed by atoms with Crippen molar-refractivity contribution in [2.45, 2.75) is 19.9 Å². The molecule has 0 aliphatic carbocycles. The zero-order valence-electron chi connectivity index (χ0n) is 17.5. The first kappa shape index (κ1) is 20.8. The number of methoxy groups -OCH3 is 1. The molecule has 0 amide bonds. The number of hydrogen-bond donors (Lipinski definition) is 0. The minimum absolute atomic E-state index is 0.0969. The molecule has 3 aromatic rings. The number of thiazole rings is 1. The molecule has 0 radical (unpaired) electrons. The summed E-state index contributed by atoms with van der Waals surface area (Å²) in [6.45, 7) is 3.34. The molecular formula is C25H22N2O3S. The number of fused-ring (bicyclic) bond motifs is 1. The van der Waals surface area contributed by atoms with Crippen LogP contribution in [0.2, 0.25) is 0 Å². The van der Waals surface area contributed by atoms with Crippen LogP contribution in [0.1, 0.15) is 31.0 Å². The van der Waals surface area contributed by atoms with Gasteiger partial charge in [-0.15, -0.1) is 0 Å². The second kappa shape index (κ2) is 8.70. The van der Waals surface area contributed by atoms with Crippen molar-refractivity contribution in [2.75, 3.05) is 7.11 Å². The molecule has 0 spiro atoms. The highest BCUT2D eigenvalue weighted by Crippen LogP contribution is 2.31. The van der Waals surface area contributed by atoms with E-state index in [0.717, 1.165) is 11.1 Å². The second-order valence-electron chi connectivity index (χ2n) is 7.20. The summed E-state index contributed by atoms with van der Waals surface area (Å²) in [5.41, 5.74) is 2.91. The van der Waals surface area contributed by atoms with E-state index in [1.165, 1.54) is 18.3 Å². The number of aromatic nitrogens is 1. The minimum Gasteiger partial charge on any atom is -0.497 e. The van der Waals surface area contributed by atoms with E-state index in [4.69, 9.17) is 4.74 Å². The first-order valence-electron chi connectivity index (χ1n) is 9.88. The highest BCUT2D eigenvalue weighted by Gasteiger charge is 2.30. The molecule has 156 valence electrons.